The lowest BCUT2D eigenvalue weighted by atomic mass is 10.4. The zero-order chi connectivity index (χ0) is 18.3. The third-order valence-electron chi connectivity index (χ3n) is 3.93. The Kier molecular flexibility index (Phi) is 6.78. The number of carbonyl (C=O) groups excluding carboxylic acids is 1. The van der Waals surface area contributed by atoms with E-state index in [0.29, 0.717) is 6.54 Å². The van der Waals surface area contributed by atoms with Gasteiger partial charge in [-0.3, -0.25) is 4.79 Å². The molecule has 0 saturated carbocycles. The summed E-state index contributed by atoms with van der Waals surface area (Å²) < 4.78 is 30.1. The van der Waals surface area contributed by atoms with E-state index in [1.54, 1.807) is 30.3 Å². The second-order valence-electron chi connectivity index (χ2n) is 5.62. The van der Waals surface area contributed by atoms with Crippen molar-refractivity contribution in [2.45, 2.75) is 24.5 Å². The van der Waals surface area contributed by atoms with Gasteiger partial charge in [0.05, 0.1) is 4.90 Å². The fourth-order valence-electron chi connectivity index (χ4n) is 2.43. The number of likely N-dealkylation sites (N-methyl/N-ethyl adjacent to an activating group) is 1. The smallest absolute Gasteiger partial charge is 0.287 e. The molecule has 0 aliphatic heterocycles. The number of amides is 1. The van der Waals surface area contributed by atoms with Gasteiger partial charge in [-0.25, -0.2) is 8.42 Å². The molecule has 1 amide bonds. The maximum Gasteiger partial charge on any atom is 0.287 e. The molecule has 1 heterocycles. The van der Waals surface area contributed by atoms with Crippen molar-refractivity contribution < 1.29 is 17.6 Å². The highest BCUT2D eigenvalue weighted by atomic mass is 32.2. The Bertz CT molecular complexity index is 780. The lowest BCUT2D eigenvalue weighted by Gasteiger charge is -2.17. The molecule has 2 rings (SSSR count). The number of carbonyl (C=O) groups is 1. The van der Waals surface area contributed by atoms with Crippen molar-refractivity contribution in [3.8, 4) is 0 Å². The molecule has 0 saturated heterocycles. The Hall–Kier alpha value is -2.12. The molecule has 0 aliphatic carbocycles. The Labute approximate surface area is 148 Å². The molecule has 0 unspecified atom stereocenters. The van der Waals surface area contributed by atoms with Crippen molar-refractivity contribution >= 4 is 15.7 Å². The largest absolute Gasteiger partial charge is 0.455 e. The fraction of sp³-hybridized carbons (Fsp3) is 0.389. The first-order chi connectivity index (χ1) is 12.0. The van der Waals surface area contributed by atoms with Crippen LogP contribution in [-0.2, 0) is 15.6 Å². The van der Waals surface area contributed by atoms with Gasteiger partial charge in [0.2, 0.25) is 0 Å². The van der Waals surface area contributed by atoms with Gasteiger partial charge in [0.25, 0.3) is 5.91 Å². The summed E-state index contributed by atoms with van der Waals surface area (Å²) >= 11 is 0. The molecule has 2 aromatic rings. The monoisotopic (exact) mass is 364 g/mol. The van der Waals surface area contributed by atoms with E-state index in [-0.39, 0.29) is 28.1 Å². The molecular weight excluding hydrogens is 340 g/mol. The quantitative estimate of drug-likeness (QED) is 0.739. The van der Waals surface area contributed by atoms with E-state index in [2.05, 4.69) is 24.1 Å². The minimum Gasteiger partial charge on any atom is -0.455 e. The van der Waals surface area contributed by atoms with Crippen LogP contribution >= 0.6 is 0 Å². The average Bonchev–Trinajstić information content (AvgIpc) is 3.07. The van der Waals surface area contributed by atoms with E-state index in [1.165, 1.54) is 12.1 Å². The summed E-state index contributed by atoms with van der Waals surface area (Å²) in [7, 11) is -3.49. The number of rotatable bonds is 9. The molecular formula is C18H24N2O4S. The summed E-state index contributed by atoms with van der Waals surface area (Å²) in [5, 5.41) is 2.78. The van der Waals surface area contributed by atoms with Gasteiger partial charge in [-0.05, 0) is 37.4 Å². The molecule has 1 N–H and O–H groups in total. The highest BCUT2D eigenvalue weighted by molar-refractivity contribution is 7.90. The first-order valence-corrected chi connectivity index (χ1v) is 9.98. The van der Waals surface area contributed by atoms with E-state index >= 15 is 0 Å². The Balaban J connectivity index is 1.94. The maximum atomic E-state index is 12.3. The van der Waals surface area contributed by atoms with Gasteiger partial charge in [-0.1, -0.05) is 32.0 Å². The Morgan fingerprint density at radius 1 is 1.08 bits per heavy atom. The Morgan fingerprint density at radius 3 is 2.40 bits per heavy atom. The highest BCUT2D eigenvalue weighted by Crippen LogP contribution is 2.18. The van der Waals surface area contributed by atoms with Gasteiger partial charge in [0.15, 0.2) is 15.6 Å². The molecule has 0 atom stereocenters. The van der Waals surface area contributed by atoms with Crippen molar-refractivity contribution in [2.75, 3.05) is 26.2 Å². The van der Waals surface area contributed by atoms with E-state index in [4.69, 9.17) is 4.42 Å². The first kappa shape index (κ1) is 19.2. The van der Waals surface area contributed by atoms with Crippen molar-refractivity contribution in [3.05, 3.63) is 54.0 Å². The summed E-state index contributed by atoms with van der Waals surface area (Å²) in [5.74, 6) is -0.241. The van der Waals surface area contributed by atoms with Gasteiger partial charge in [-0.2, -0.15) is 0 Å². The van der Waals surface area contributed by atoms with Gasteiger partial charge in [0.1, 0.15) is 11.5 Å². The van der Waals surface area contributed by atoms with Crippen LogP contribution in [0.5, 0.6) is 0 Å². The Morgan fingerprint density at radius 2 is 1.76 bits per heavy atom. The number of furan rings is 1. The molecule has 7 heteroatoms. The average molecular weight is 364 g/mol. The molecule has 1 aromatic heterocycles. The number of hydrogen-bond donors (Lipinski definition) is 1. The summed E-state index contributed by atoms with van der Waals surface area (Å²) in [6.07, 6.45) is 0. The van der Waals surface area contributed by atoms with Crippen LogP contribution in [-0.4, -0.2) is 45.4 Å². The first-order valence-electron chi connectivity index (χ1n) is 8.33. The zero-order valence-corrected chi connectivity index (χ0v) is 15.4. The van der Waals surface area contributed by atoms with Gasteiger partial charge in [-0.15, -0.1) is 0 Å². The summed E-state index contributed by atoms with van der Waals surface area (Å²) in [5.41, 5.74) is 0. The van der Waals surface area contributed by atoms with Gasteiger partial charge < -0.3 is 14.6 Å². The summed E-state index contributed by atoms with van der Waals surface area (Å²) in [6, 6.07) is 11.2. The molecule has 1 aromatic carbocycles. The van der Waals surface area contributed by atoms with Crippen LogP contribution in [0.15, 0.2) is 51.8 Å². The molecule has 0 aliphatic rings. The fourth-order valence-corrected chi connectivity index (χ4v) is 3.70. The minimum atomic E-state index is -3.49. The number of benzene rings is 1. The predicted octanol–water partition coefficient (Wildman–Crippen LogP) is 2.33. The standard InChI is InChI=1S/C18H24N2O4S/c1-3-20(4-2)13-12-19-18(21)17-11-10-15(24-17)14-25(22,23)16-8-6-5-7-9-16/h5-11H,3-4,12-14H2,1-2H3,(H,19,21). The summed E-state index contributed by atoms with van der Waals surface area (Å²) in [6.45, 7) is 7.26. The van der Waals surface area contributed by atoms with E-state index in [1.807, 2.05) is 0 Å². The second-order valence-corrected chi connectivity index (χ2v) is 7.61. The molecule has 0 radical (unpaired) electrons. The van der Waals surface area contributed by atoms with Crippen molar-refractivity contribution in [1.82, 2.24) is 10.2 Å². The molecule has 0 fully saturated rings. The van der Waals surface area contributed by atoms with Crippen molar-refractivity contribution in [1.29, 1.82) is 0 Å². The van der Waals surface area contributed by atoms with Crippen LogP contribution in [0.1, 0.15) is 30.2 Å². The van der Waals surface area contributed by atoms with Crippen molar-refractivity contribution in [3.63, 3.8) is 0 Å². The molecule has 136 valence electrons. The zero-order valence-electron chi connectivity index (χ0n) is 14.6. The molecule has 0 bridgehead atoms. The number of hydrogen-bond acceptors (Lipinski definition) is 5. The van der Waals surface area contributed by atoms with Crippen LogP contribution < -0.4 is 5.32 Å². The van der Waals surface area contributed by atoms with Crippen LogP contribution in [0.4, 0.5) is 0 Å². The van der Waals surface area contributed by atoms with E-state index in [0.717, 1.165) is 19.6 Å². The van der Waals surface area contributed by atoms with E-state index < -0.39 is 9.84 Å². The van der Waals surface area contributed by atoms with Crippen LogP contribution in [0.25, 0.3) is 0 Å². The van der Waals surface area contributed by atoms with Crippen molar-refractivity contribution in [2.24, 2.45) is 0 Å². The molecule has 0 spiro atoms. The van der Waals surface area contributed by atoms with Gasteiger partial charge >= 0.3 is 0 Å². The molecule has 25 heavy (non-hydrogen) atoms. The van der Waals surface area contributed by atoms with E-state index in [9.17, 15) is 13.2 Å². The SMILES string of the molecule is CCN(CC)CCNC(=O)c1ccc(CS(=O)(=O)c2ccccc2)o1. The minimum absolute atomic E-state index is 0.123. The predicted molar refractivity (Wildman–Crippen MR) is 96.2 cm³/mol. The number of nitrogens with one attached hydrogen (secondary N) is 1. The van der Waals surface area contributed by atoms with Gasteiger partial charge in [0, 0.05) is 13.1 Å². The number of sulfone groups is 1. The van der Waals surface area contributed by atoms with Crippen LogP contribution in [0.2, 0.25) is 0 Å². The second kappa shape index (κ2) is 8.82. The third kappa shape index (κ3) is 5.44. The number of nitrogens with zero attached hydrogens (tertiary/aromatic N) is 1. The topological polar surface area (TPSA) is 79.6 Å². The lowest BCUT2D eigenvalue weighted by molar-refractivity contribution is 0.0919. The summed E-state index contributed by atoms with van der Waals surface area (Å²) in [4.78, 5) is 14.5. The normalized spacial score (nSPS) is 11.6. The maximum absolute atomic E-state index is 12.3. The third-order valence-corrected chi connectivity index (χ3v) is 5.58. The lowest BCUT2D eigenvalue weighted by Crippen LogP contribution is -2.34. The van der Waals surface area contributed by atoms with Crippen LogP contribution in [0.3, 0.4) is 0 Å². The van der Waals surface area contributed by atoms with Crippen LogP contribution in [0, 0.1) is 0 Å². The highest BCUT2D eigenvalue weighted by Gasteiger charge is 2.19. The molecule has 6 nitrogen and oxygen atoms in total.